The molecule has 1 heterocycles. The molecule has 1 aliphatic heterocycles. The van der Waals surface area contributed by atoms with Gasteiger partial charge in [0.15, 0.2) is 0 Å². The third-order valence-electron chi connectivity index (χ3n) is 5.86. The smallest absolute Gasteiger partial charge is 0.122 e. The van der Waals surface area contributed by atoms with Crippen LogP contribution in [0.3, 0.4) is 0 Å². The second kappa shape index (κ2) is 9.43. The van der Waals surface area contributed by atoms with Crippen LogP contribution in [-0.4, -0.2) is 42.9 Å². The van der Waals surface area contributed by atoms with E-state index in [1.807, 2.05) is 60.7 Å². The fraction of sp³-hybridized carbons (Fsp3) is 0.308. The zero-order valence-corrected chi connectivity index (χ0v) is 17.4. The highest BCUT2D eigenvalue weighted by atomic mass is 16.5. The van der Waals surface area contributed by atoms with Gasteiger partial charge in [0.05, 0.1) is 13.7 Å². The van der Waals surface area contributed by atoms with Gasteiger partial charge in [0.2, 0.25) is 0 Å². The molecule has 30 heavy (non-hydrogen) atoms. The molecule has 0 unspecified atom stereocenters. The summed E-state index contributed by atoms with van der Waals surface area (Å²) in [6.07, 6.45) is 0.0764. The second-order valence-electron chi connectivity index (χ2n) is 7.86. The predicted molar refractivity (Wildman–Crippen MR) is 118 cm³/mol. The molecule has 156 valence electrons. The van der Waals surface area contributed by atoms with Gasteiger partial charge < -0.3 is 14.6 Å². The molecule has 4 rings (SSSR count). The number of benzene rings is 3. The zero-order chi connectivity index (χ0) is 20.8. The first kappa shape index (κ1) is 20.6. The van der Waals surface area contributed by atoms with Gasteiger partial charge in [0, 0.05) is 26.1 Å². The van der Waals surface area contributed by atoms with Crippen LogP contribution in [0.4, 0.5) is 0 Å². The Morgan fingerprint density at radius 3 is 2.37 bits per heavy atom. The lowest BCUT2D eigenvalue weighted by atomic mass is 9.81. The quantitative estimate of drug-likeness (QED) is 0.647. The van der Waals surface area contributed by atoms with E-state index in [-0.39, 0.29) is 6.10 Å². The fourth-order valence-corrected chi connectivity index (χ4v) is 4.24. The van der Waals surface area contributed by atoms with Crippen molar-refractivity contribution < 1.29 is 14.6 Å². The van der Waals surface area contributed by atoms with Crippen molar-refractivity contribution in [2.45, 2.75) is 24.7 Å². The van der Waals surface area contributed by atoms with Crippen molar-refractivity contribution >= 4 is 0 Å². The van der Waals surface area contributed by atoms with Gasteiger partial charge in [-0.15, -0.1) is 0 Å². The number of ether oxygens (including phenoxy) is 2. The largest absolute Gasteiger partial charge is 0.496 e. The average Bonchev–Trinajstić information content (AvgIpc) is 2.81. The Balaban J connectivity index is 1.62. The molecule has 0 bridgehead atoms. The minimum absolute atomic E-state index is 0.345. The Morgan fingerprint density at radius 2 is 1.63 bits per heavy atom. The predicted octanol–water partition coefficient (Wildman–Crippen LogP) is 4.03. The number of methoxy groups -OCH3 is 1. The third kappa shape index (κ3) is 4.57. The zero-order valence-electron chi connectivity index (χ0n) is 17.4. The molecule has 0 aromatic heterocycles. The van der Waals surface area contributed by atoms with Gasteiger partial charge >= 0.3 is 0 Å². The summed E-state index contributed by atoms with van der Waals surface area (Å²) >= 11 is 0. The maximum Gasteiger partial charge on any atom is 0.122 e. The standard InChI is InChI=1S/C26H29NO3/c1-29-24-15-9-8-12-22(24)18-26(28,23-13-6-3-7-14-23)25-20-27(16-17-30-25)19-21-10-4-2-5-11-21/h2-15,25,28H,16-20H2,1H3/t25-,26-/m1/s1. The van der Waals surface area contributed by atoms with E-state index in [0.717, 1.165) is 30.0 Å². The van der Waals surface area contributed by atoms with Crippen LogP contribution in [0.1, 0.15) is 16.7 Å². The lowest BCUT2D eigenvalue weighted by molar-refractivity contribution is -0.150. The normalized spacial score (nSPS) is 19.2. The van der Waals surface area contributed by atoms with Gasteiger partial charge in [-0.1, -0.05) is 78.9 Å². The SMILES string of the molecule is COc1ccccc1C[C@@](O)(c1ccccc1)[C@H]1CN(Cc2ccccc2)CCO1. The maximum absolute atomic E-state index is 12.1. The van der Waals surface area contributed by atoms with Crippen LogP contribution >= 0.6 is 0 Å². The molecule has 0 saturated carbocycles. The molecule has 2 atom stereocenters. The lowest BCUT2D eigenvalue weighted by Crippen LogP contribution is -2.53. The number of aliphatic hydroxyl groups is 1. The molecular weight excluding hydrogens is 374 g/mol. The molecular formula is C26H29NO3. The Bertz CT molecular complexity index is 931. The van der Waals surface area contributed by atoms with E-state index >= 15 is 0 Å². The summed E-state index contributed by atoms with van der Waals surface area (Å²) in [5.41, 5.74) is 1.94. The van der Waals surface area contributed by atoms with E-state index in [0.29, 0.717) is 19.6 Å². The van der Waals surface area contributed by atoms with E-state index < -0.39 is 5.60 Å². The second-order valence-corrected chi connectivity index (χ2v) is 7.86. The van der Waals surface area contributed by atoms with Crippen molar-refractivity contribution in [2.24, 2.45) is 0 Å². The van der Waals surface area contributed by atoms with Gasteiger partial charge in [-0.2, -0.15) is 0 Å². The van der Waals surface area contributed by atoms with Gasteiger partial charge in [-0.05, 0) is 22.8 Å². The monoisotopic (exact) mass is 403 g/mol. The molecule has 1 saturated heterocycles. The summed E-state index contributed by atoms with van der Waals surface area (Å²) < 4.78 is 11.7. The summed E-state index contributed by atoms with van der Waals surface area (Å²) in [7, 11) is 1.67. The highest BCUT2D eigenvalue weighted by Gasteiger charge is 2.42. The summed E-state index contributed by atoms with van der Waals surface area (Å²) in [5, 5.41) is 12.1. The molecule has 4 heteroatoms. The van der Waals surface area contributed by atoms with E-state index in [4.69, 9.17) is 9.47 Å². The van der Waals surface area contributed by atoms with Crippen molar-refractivity contribution in [1.82, 2.24) is 4.90 Å². The number of hydrogen-bond acceptors (Lipinski definition) is 4. The van der Waals surface area contributed by atoms with Crippen LogP contribution in [0.25, 0.3) is 0 Å². The summed E-state index contributed by atoms with van der Waals surface area (Å²) in [5.74, 6) is 0.781. The molecule has 1 aliphatic rings. The number of morpholine rings is 1. The minimum atomic E-state index is -1.16. The molecule has 3 aromatic rings. The molecule has 1 fully saturated rings. The van der Waals surface area contributed by atoms with E-state index in [1.54, 1.807) is 7.11 Å². The molecule has 4 nitrogen and oxygen atoms in total. The lowest BCUT2D eigenvalue weighted by Gasteiger charge is -2.42. The van der Waals surface area contributed by atoms with Gasteiger partial charge in [0.25, 0.3) is 0 Å². The number of para-hydroxylation sites is 1. The number of hydrogen-bond donors (Lipinski definition) is 1. The Kier molecular flexibility index (Phi) is 6.48. The highest BCUT2D eigenvalue weighted by molar-refractivity contribution is 5.37. The Labute approximate surface area is 178 Å². The minimum Gasteiger partial charge on any atom is -0.496 e. The average molecular weight is 404 g/mol. The maximum atomic E-state index is 12.1. The van der Waals surface area contributed by atoms with Crippen LogP contribution < -0.4 is 4.74 Å². The van der Waals surface area contributed by atoms with Gasteiger partial charge in [0.1, 0.15) is 17.5 Å². The molecule has 0 spiro atoms. The van der Waals surface area contributed by atoms with Crippen LogP contribution in [0.2, 0.25) is 0 Å². The number of rotatable bonds is 7. The molecule has 0 amide bonds. The van der Waals surface area contributed by atoms with E-state index in [1.165, 1.54) is 5.56 Å². The molecule has 0 radical (unpaired) electrons. The first-order valence-corrected chi connectivity index (χ1v) is 10.5. The van der Waals surface area contributed by atoms with Crippen molar-refractivity contribution in [1.29, 1.82) is 0 Å². The first-order valence-electron chi connectivity index (χ1n) is 10.5. The Morgan fingerprint density at radius 1 is 0.967 bits per heavy atom. The van der Waals surface area contributed by atoms with Crippen LogP contribution in [-0.2, 0) is 23.3 Å². The molecule has 1 N–H and O–H groups in total. The van der Waals surface area contributed by atoms with E-state index in [9.17, 15) is 5.11 Å². The molecule has 0 aliphatic carbocycles. The van der Waals surface area contributed by atoms with Crippen molar-refractivity contribution in [3.8, 4) is 5.75 Å². The highest BCUT2D eigenvalue weighted by Crippen LogP contribution is 2.35. The number of nitrogens with zero attached hydrogens (tertiary/aromatic N) is 1. The van der Waals surface area contributed by atoms with Crippen LogP contribution in [0, 0.1) is 0 Å². The van der Waals surface area contributed by atoms with Crippen LogP contribution in [0.15, 0.2) is 84.9 Å². The summed E-state index contributed by atoms with van der Waals surface area (Å²) in [6.45, 7) is 2.96. The van der Waals surface area contributed by atoms with Crippen LogP contribution in [0.5, 0.6) is 5.75 Å². The van der Waals surface area contributed by atoms with E-state index in [2.05, 4.69) is 29.2 Å². The van der Waals surface area contributed by atoms with Crippen molar-refractivity contribution in [2.75, 3.05) is 26.8 Å². The third-order valence-corrected chi connectivity index (χ3v) is 5.86. The molecule has 3 aromatic carbocycles. The summed E-state index contributed by atoms with van der Waals surface area (Å²) in [4.78, 5) is 2.36. The topological polar surface area (TPSA) is 41.9 Å². The van der Waals surface area contributed by atoms with Gasteiger partial charge in [-0.3, -0.25) is 4.90 Å². The fourth-order valence-electron chi connectivity index (χ4n) is 4.24. The van der Waals surface area contributed by atoms with Crippen molar-refractivity contribution in [3.63, 3.8) is 0 Å². The Hall–Kier alpha value is -2.66. The van der Waals surface area contributed by atoms with Gasteiger partial charge in [-0.25, -0.2) is 0 Å². The summed E-state index contributed by atoms with van der Waals surface area (Å²) in [6, 6.07) is 28.2. The van der Waals surface area contributed by atoms with Crippen molar-refractivity contribution in [3.05, 3.63) is 102 Å². The first-order chi connectivity index (χ1) is 14.7.